The van der Waals surface area contributed by atoms with Crippen molar-refractivity contribution in [2.24, 2.45) is 0 Å². The number of anilines is 1. The minimum absolute atomic E-state index is 0.178. The van der Waals surface area contributed by atoms with Gasteiger partial charge in [0.05, 0.1) is 18.9 Å². The van der Waals surface area contributed by atoms with Gasteiger partial charge in [0, 0.05) is 42.3 Å². The van der Waals surface area contributed by atoms with Crippen LogP contribution in [0.15, 0.2) is 64.2 Å². The molecule has 1 fully saturated rings. The van der Waals surface area contributed by atoms with Gasteiger partial charge in [-0.3, -0.25) is 0 Å². The lowest BCUT2D eigenvalue weighted by Crippen LogP contribution is -2.49. The van der Waals surface area contributed by atoms with Crippen molar-refractivity contribution >= 4 is 31.8 Å². The fraction of sp³-hybridized carbons (Fsp3) is 0.333. The SMILES string of the molecule is CCOc1ccc(-c2cc(N3CCN(S(=O)(=O)c4cc(Br)ccc4OCC)CC3)ncn2)cc1. The van der Waals surface area contributed by atoms with Crippen LogP contribution in [-0.2, 0) is 10.0 Å². The monoisotopic (exact) mass is 546 g/mol. The minimum atomic E-state index is -3.70. The minimum Gasteiger partial charge on any atom is -0.494 e. The number of sulfonamides is 1. The number of nitrogens with zero attached hydrogens (tertiary/aromatic N) is 4. The molecule has 34 heavy (non-hydrogen) atoms. The van der Waals surface area contributed by atoms with E-state index in [9.17, 15) is 8.42 Å². The molecule has 1 aliphatic rings. The maximum absolute atomic E-state index is 13.4. The van der Waals surface area contributed by atoms with Crippen LogP contribution in [0.5, 0.6) is 11.5 Å². The van der Waals surface area contributed by atoms with E-state index in [4.69, 9.17) is 9.47 Å². The molecule has 0 radical (unpaired) electrons. The Labute approximate surface area is 208 Å². The van der Waals surface area contributed by atoms with Crippen LogP contribution in [0.25, 0.3) is 11.3 Å². The molecule has 0 unspecified atom stereocenters. The fourth-order valence-electron chi connectivity index (χ4n) is 3.82. The van der Waals surface area contributed by atoms with E-state index in [1.54, 1.807) is 24.5 Å². The number of aromatic nitrogens is 2. The van der Waals surface area contributed by atoms with Gasteiger partial charge in [-0.2, -0.15) is 4.31 Å². The maximum Gasteiger partial charge on any atom is 0.246 e. The Kier molecular flexibility index (Phi) is 7.70. The van der Waals surface area contributed by atoms with Crippen molar-refractivity contribution in [3.05, 3.63) is 59.3 Å². The second kappa shape index (κ2) is 10.7. The smallest absolute Gasteiger partial charge is 0.246 e. The number of benzene rings is 2. The Hall–Kier alpha value is -2.69. The van der Waals surface area contributed by atoms with Crippen LogP contribution >= 0.6 is 15.9 Å². The largest absolute Gasteiger partial charge is 0.494 e. The molecule has 180 valence electrons. The van der Waals surface area contributed by atoms with E-state index in [0.29, 0.717) is 49.6 Å². The molecule has 0 aliphatic carbocycles. The lowest BCUT2D eigenvalue weighted by molar-refractivity contribution is 0.327. The predicted molar refractivity (Wildman–Crippen MR) is 135 cm³/mol. The second-order valence-electron chi connectivity index (χ2n) is 7.63. The third kappa shape index (κ3) is 5.34. The van der Waals surface area contributed by atoms with Crippen molar-refractivity contribution in [3.63, 3.8) is 0 Å². The summed E-state index contributed by atoms with van der Waals surface area (Å²) in [6.45, 7) is 6.54. The van der Waals surface area contributed by atoms with Crippen LogP contribution in [0.3, 0.4) is 0 Å². The molecule has 3 aromatic rings. The highest BCUT2D eigenvalue weighted by molar-refractivity contribution is 9.10. The van der Waals surface area contributed by atoms with Gasteiger partial charge in [0.25, 0.3) is 0 Å². The van der Waals surface area contributed by atoms with Crippen molar-refractivity contribution in [3.8, 4) is 22.8 Å². The molecule has 0 bridgehead atoms. The summed E-state index contributed by atoms with van der Waals surface area (Å²) in [6, 6.07) is 14.8. The first-order chi connectivity index (χ1) is 16.4. The highest BCUT2D eigenvalue weighted by atomic mass is 79.9. The molecule has 1 aliphatic heterocycles. The fourth-order valence-corrected chi connectivity index (χ4v) is 5.91. The van der Waals surface area contributed by atoms with Crippen LogP contribution < -0.4 is 14.4 Å². The third-order valence-electron chi connectivity index (χ3n) is 5.50. The number of piperazine rings is 1. The first-order valence-corrected chi connectivity index (χ1v) is 13.4. The molecule has 1 saturated heterocycles. The first kappa shape index (κ1) is 24.4. The van der Waals surface area contributed by atoms with Crippen LogP contribution in [0.1, 0.15) is 13.8 Å². The molecule has 2 aromatic carbocycles. The van der Waals surface area contributed by atoms with E-state index in [2.05, 4.69) is 30.8 Å². The van der Waals surface area contributed by atoms with E-state index in [0.717, 1.165) is 22.8 Å². The highest BCUT2D eigenvalue weighted by Gasteiger charge is 2.31. The van der Waals surface area contributed by atoms with E-state index in [1.165, 1.54) is 4.31 Å². The molecule has 10 heteroatoms. The van der Waals surface area contributed by atoms with Gasteiger partial charge in [-0.05, 0) is 56.3 Å². The molecule has 0 amide bonds. The van der Waals surface area contributed by atoms with Gasteiger partial charge in [0.1, 0.15) is 28.5 Å². The van der Waals surface area contributed by atoms with Crippen molar-refractivity contribution in [2.75, 3.05) is 44.3 Å². The van der Waals surface area contributed by atoms with Gasteiger partial charge in [-0.1, -0.05) is 15.9 Å². The van der Waals surface area contributed by atoms with Gasteiger partial charge >= 0.3 is 0 Å². The molecule has 2 heterocycles. The summed E-state index contributed by atoms with van der Waals surface area (Å²) < 4.78 is 40.0. The summed E-state index contributed by atoms with van der Waals surface area (Å²) in [5.74, 6) is 1.95. The summed E-state index contributed by atoms with van der Waals surface area (Å²) in [6.07, 6.45) is 1.54. The van der Waals surface area contributed by atoms with Gasteiger partial charge in [-0.15, -0.1) is 0 Å². The normalized spacial score (nSPS) is 14.7. The average Bonchev–Trinajstić information content (AvgIpc) is 2.86. The van der Waals surface area contributed by atoms with E-state index in [-0.39, 0.29) is 4.90 Å². The Balaban J connectivity index is 1.48. The van der Waals surface area contributed by atoms with Crippen LogP contribution in [0.4, 0.5) is 5.82 Å². The quantitative estimate of drug-likeness (QED) is 0.418. The summed E-state index contributed by atoms with van der Waals surface area (Å²) >= 11 is 3.37. The second-order valence-corrected chi connectivity index (χ2v) is 10.5. The molecule has 0 atom stereocenters. The van der Waals surface area contributed by atoms with Crippen LogP contribution in [-0.4, -0.2) is 62.1 Å². The number of ether oxygens (including phenoxy) is 2. The standard InChI is InChI=1S/C24H27BrN4O4S/c1-3-32-20-8-5-18(6-9-20)21-16-24(27-17-26-21)28-11-13-29(14-12-28)34(30,31)23-15-19(25)7-10-22(23)33-4-2/h5-10,15-17H,3-4,11-14H2,1-2H3. The number of hydrogen-bond donors (Lipinski definition) is 0. The third-order valence-corrected chi connectivity index (χ3v) is 7.91. The number of hydrogen-bond acceptors (Lipinski definition) is 7. The van der Waals surface area contributed by atoms with E-state index >= 15 is 0 Å². The van der Waals surface area contributed by atoms with Crippen LogP contribution in [0, 0.1) is 0 Å². The maximum atomic E-state index is 13.4. The average molecular weight is 547 g/mol. The van der Waals surface area contributed by atoms with Crippen LogP contribution in [0.2, 0.25) is 0 Å². The summed E-state index contributed by atoms with van der Waals surface area (Å²) in [5.41, 5.74) is 1.77. The Bertz CT molecular complexity index is 1230. The van der Waals surface area contributed by atoms with Crippen molar-refractivity contribution in [1.82, 2.24) is 14.3 Å². The molecule has 0 saturated carbocycles. The summed E-state index contributed by atoms with van der Waals surface area (Å²) in [7, 11) is -3.70. The van der Waals surface area contributed by atoms with Gasteiger partial charge < -0.3 is 14.4 Å². The molecule has 4 rings (SSSR count). The molecule has 1 aromatic heterocycles. The zero-order chi connectivity index (χ0) is 24.1. The van der Waals surface area contributed by atoms with Gasteiger partial charge in [-0.25, -0.2) is 18.4 Å². The van der Waals surface area contributed by atoms with Crippen molar-refractivity contribution in [1.29, 1.82) is 0 Å². The molecule has 0 N–H and O–H groups in total. The molecule has 8 nitrogen and oxygen atoms in total. The van der Waals surface area contributed by atoms with Crippen molar-refractivity contribution in [2.45, 2.75) is 18.7 Å². The molecular formula is C24H27BrN4O4S. The van der Waals surface area contributed by atoms with Gasteiger partial charge in [0.15, 0.2) is 0 Å². The summed E-state index contributed by atoms with van der Waals surface area (Å²) in [4.78, 5) is 11.1. The van der Waals surface area contributed by atoms with Crippen molar-refractivity contribution < 1.29 is 17.9 Å². The lowest BCUT2D eigenvalue weighted by atomic mass is 10.1. The summed E-state index contributed by atoms with van der Waals surface area (Å²) in [5, 5.41) is 0. The number of halogens is 1. The zero-order valence-electron chi connectivity index (χ0n) is 19.1. The number of rotatable bonds is 8. The first-order valence-electron chi connectivity index (χ1n) is 11.1. The molecule has 0 spiro atoms. The van der Waals surface area contributed by atoms with Gasteiger partial charge in [0.2, 0.25) is 10.0 Å². The Morgan fingerprint density at radius 1 is 0.912 bits per heavy atom. The molecular weight excluding hydrogens is 520 g/mol. The Morgan fingerprint density at radius 2 is 1.62 bits per heavy atom. The lowest BCUT2D eigenvalue weighted by Gasteiger charge is -2.35. The highest BCUT2D eigenvalue weighted by Crippen LogP contribution is 2.31. The zero-order valence-corrected chi connectivity index (χ0v) is 21.5. The van der Waals surface area contributed by atoms with E-state index < -0.39 is 10.0 Å². The topological polar surface area (TPSA) is 84.9 Å². The van der Waals surface area contributed by atoms with E-state index in [1.807, 2.05) is 44.2 Å². The predicted octanol–water partition coefficient (Wildman–Crippen LogP) is 4.21. The Morgan fingerprint density at radius 3 is 2.29 bits per heavy atom.